The van der Waals surface area contributed by atoms with Crippen LogP contribution in [-0.4, -0.2) is 63.5 Å². The first-order chi connectivity index (χ1) is 35.2. The van der Waals surface area contributed by atoms with Gasteiger partial charge >= 0.3 is 6.09 Å². The van der Waals surface area contributed by atoms with E-state index in [0.29, 0.717) is 47.8 Å². The van der Waals surface area contributed by atoms with Crippen LogP contribution in [0, 0.1) is 33.7 Å². The number of hydrogen-bond acceptors (Lipinski definition) is 11. The van der Waals surface area contributed by atoms with Crippen LogP contribution in [0.3, 0.4) is 0 Å². The minimum absolute atomic E-state index is 0.0133. The van der Waals surface area contributed by atoms with Crippen molar-refractivity contribution in [2.75, 3.05) is 19.8 Å². The quantitative estimate of drug-likeness (QED) is 0.0307. The Labute approximate surface area is 417 Å². The fourth-order valence-corrected chi connectivity index (χ4v) is 10.7. The molecule has 0 saturated heterocycles. The number of nitrogens with zero attached hydrogens (tertiary/aromatic N) is 3. The second-order valence-electron chi connectivity index (χ2n) is 18.5. The van der Waals surface area contributed by atoms with E-state index in [9.17, 15) is 24.7 Å². The number of aliphatic hydroxyl groups is 2. The summed E-state index contributed by atoms with van der Waals surface area (Å²) in [6.07, 6.45) is 7.27. The van der Waals surface area contributed by atoms with Crippen LogP contribution in [0.15, 0.2) is 169 Å². The number of nitro groups is 1. The third kappa shape index (κ3) is 10.9. The second kappa shape index (κ2) is 22.8. The maximum absolute atomic E-state index is 15.1. The van der Waals surface area contributed by atoms with Crippen LogP contribution in [-0.2, 0) is 22.7 Å². The molecule has 72 heavy (non-hydrogen) atoms. The number of unbranched alkanes of at least 4 members (excludes halogenated alkanes) is 2. The molecule has 14 heteroatoms. The number of hydrogen-bond donors (Lipinski definition) is 2. The first-order valence-corrected chi connectivity index (χ1v) is 24.6. The molecule has 3 aliphatic rings. The van der Waals surface area contributed by atoms with Crippen LogP contribution in [0.5, 0.6) is 23.0 Å². The summed E-state index contributed by atoms with van der Waals surface area (Å²) in [7, 11) is 0. The summed E-state index contributed by atoms with van der Waals surface area (Å²) in [4.78, 5) is 34.0. The largest absolute Gasteiger partial charge is 0.459 e. The van der Waals surface area contributed by atoms with E-state index in [2.05, 4.69) is 18.7 Å². The highest BCUT2D eigenvalue weighted by Gasteiger charge is 2.66. The van der Waals surface area contributed by atoms with Crippen molar-refractivity contribution in [3.8, 4) is 23.0 Å². The second-order valence-corrected chi connectivity index (χ2v) is 18.5. The molecule has 1 heterocycles. The van der Waals surface area contributed by atoms with Gasteiger partial charge in [0.1, 0.15) is 41.5 Å². The van der Waals surface area contributed by atoms with Gasteiger partial charge in [0.15, 0.2) is 0 Å². The fraction of sp³-hybridized carbons (Fsp3) is 0.310. The predicted octanol–water partition coefficient (Wildman–Crippen LogP) is 12.2. The molecule has 0 spiro atoms. The van der Waals surface area contributed by atoms with Crippen molar-refractivity contribution >= 4 is 28.3 Å². The van der Waals surface area contributed by atoms with Gasteiger partial charge in [-0.25, -0.2) is 9.18 Å². The van der Waals surface area contributed by atoms with Crippen LogP contribution in [0.2, 0.25) is 0 Å². The van der Waals surface area contributed by atoms with Crippen molar-refractivity contribution in [2.24, 2.45) is 22.9 Å². The molecule has 0 radical (unpaired) electrons. The fourth-order valence-electron chi connectivity index (χ4n) is 10.7. The first-order valence-electron chi connectivity index (χ1n) is 24.6. The molecular weight excluding hydrogens is 918 g/mol. The van der Waals surface area contributed by atoms with E-state index in [-0.39, 0.29) is 68.6 Å². The molecule has 0 aromatic heterocycles. The van der Waals surface area contributed by atoms with Gasteiger partial charge in [-0.1, -0.05) is 103 Å². The number of non-ortho nitro benzene ring substituents is 1. The number of carbonyl (C=O) groups excluding carboxylic acids is 1. The summed E-state index contributed by atoms with van der Waals surface area (Å²) in [5, 5.41) is 38.8. The molecule has 1 aliphatic heterocycles. The zero-order valence-corrected chi connectivity index (χ0v) is 39.9. The molecule has 6 atom stereocenters. The number of amides is 1. The number of oxime groups is 1. The van der Waals surface area contributed by atoms with E-state index in [0.717, 1.165) is 46.7 Å². The van der Waals surface area contributed by atoms with Crippen molar-refractivity contribution in [3.63, 3.8) is 0 Å². The molecule has 9 rings (SSSR count). The van der Waals surface area contributed by atoms with E-state index in [1.54, 1.807) is 18.2 Å². The molecule has 0 bridgehead atoms. The van der Waals surface area contributed by atoms with Gasteiger partial charge in [-0.05, 0) is 120 Å². The van der Waals surface area contributed by atoms with Gasteiger partial charge in [-0.15, -0.1) is 6.58 Å². The molecule has 6 aromatic rings. The third-order valence-electron chi connectivity index (χ3n) is 14.0. The topological polar surface area (TPSA) is 162 Å². The Morgan fingerprint density at radius 2 is 1.53 bits per heavy atom. The standard InChI is InChI=1S/C58H58FN3O10/c1-2-32-68-58-54(61(37-39-18-21-44(59)22-19-39)57(65)71-46-26-23-45(24-27-46)62(66)67)36-52(60-69-38-40-12-4-3-5-13-40)50-34-43(16-8-10-30-63)49(17-9-11-31-64)55(56(50)58)51-35-48(28-29-53(51)72-58)70-47-25-20-41-14-6-7-15-42(41)33-47/h2-7,12-15,18-29,33-35,43,49,54-56,63-64H,1,8-11,16-17,30-32,36-38H2. The van der Waals surface area contributed by atoms with Crippen molar-refractivity contribution in [1.82, 2.24) is 4.90 Å². The van der Waals surface area contributed by atoms with Crippen LogP contribution < -0.4 is 14.2 Å². The molecule has 1 saturated carbocycles. The molecule has 13 nitrogen and oxygen atoms in total. The van der Waals surface area contributed by atoms with Crippen molar-refractivity contribution < 1.29 is 48.1 Å². The highest BCUT2D eigenvalue weighted by atomic mass is 19.1. The molecule has 2 aliphatic carbocycles. The van der Waals surface area contributed by atoms with Gasteiger partial charge in [-0.2, -0.15) is 0 Å². The van der Waals surface area contributed by atoms with Crippen molar-refractivity contribution in [1.29, 1.82) is 0 Å². The first kappa shape index (κ1) is 49.6. The lowest BCUT2D eigenvalue weighted by atomic mass is 9.55. The normalized spacial score (nSPS) is 21.4. The van der Waals surface area contributed by atoms with Gasteiger partial charge in [-0.3, -0.25) is 15.0 Å². The van der Waals surface area contributed by atoms with E-state index in [4.69, 9.17) is 28.9 Å². The lowest BCUT2D eigenvalue weighted by Crippen LogP contribution is -2.70. The Kier molecular flexibility index (Phi) is 15.7. The maximum Gasteiger partial charge on any atom is 0.416 e. The number of halogens is 1. The smallest absolute Gasteiger partial charge is 0.416 e. The van der Waals surface area contributed by atoms with Crippen LogP contribution in [0.4, 0.5) is 14.9 Å². The highest BCUT2D eigenvalue weighted by Crippen LogP contribution is 2.62. The van der Waals surface area contributed by atoms with Gasteiger partial charge in [0, 0.05) is 49.8 Å². The highest BCUT2D eigenvalue weighted by molar-refractivity contribution is 6.03. The number of rotatable bonds is 21. The summed E-state index contributed by atoms with van der Waals surface area (Å²) in [5.74, 6) is -1.41. The molecule has 1 amide bonds. The van der Waals surface area contributed by atoms with Gasteiger partial charge in [0.25, 0.3) is 5.69 Å². The predicted molar refractivity (Wildman–Crippen MR) is 271 cm³/mol. The molecular formula is C58H58FN3O10. The van der Waals surface area contributed by atoms with E-state index in [1.165, 1.54) is 41.3 Å². The minimum atomic E-state index is -1.66. The average molecular weight is 976 g/mol. The number of nitro benzene ring substituents is 1. The van der Waals surface area contributed by atoms with Crippen molar-refractivity contribution in [3.05, 3.63) is 196 Å². The maximum atomic E-state index is 15.1. The number of allylic oxidation sites excluding steroid dienone is 1. The third-order valence-corrected chi connectivity index (χ3v) is 14.0. The Hall–Kier alpha value is -7.39. The summed E-state index contributed by atoms with van der Waals surface area (Å²) in [6, 6.07) is 39.5. The monoisotopic (exact) mass is 975 g/mol. The Bertz CT molecular complexity index is 2910. The zero-order chi connectivity index (χ0) is 50.0. The molecule has 2 N–H and O–H groups in total. The summed E-state index contributed by atoms with van der Waals surface area (Å²) in [6.45, 7) is 4.20. The minimum Gasteiger partial charge on any atom is -0.459 e. The van der Waals surface area contributed by atoms with Gasteiger partial charge in [0.05, 0.1) is 23.2 Å². The van der Waals surface area contributed by atoms with Gasteiger partial charge in [0.2, 0.25) is 5.79 Å². The Balaban J connectivity index is 1.24. The van der Waals surface area contributed by atoms with Crippen LogP contribution in [0.1, 0.15) is 67.6 Å². The Morgan fingerprint density at radius 1 is 0.833 bits per heavy atom. The summed E-state index contributed by atoms with van der Waals surface area (Å²) in [5.41, 5.74) is 3.56. The lowest BCUT2D eigenvalue weighted by Gasteiger charge is -2.59. The summed E-state index contributed by atoms with van der Waals surface area (Å²) >= 11 is 0. The number of ether oxygens (including phenoxy) is 4. The van der Waals surface area contributed by atoms with Crippen molar-refractivity contribution in [2.45, 2.75) is 75.8 Å². The summed E-state index contributed by atoms with van der Waals surface area (Å²) < 4.78 is 41.8. The molecule has 6 unspecified atom stereocenters. The molecule has 372 valence electrons. The average Bonchev–Trinajstić information content (AvgIpc) is 3.39. The zero-order valence-electron chi connectivity index (χ0n) is 39.9. The Morgan fingerprint density at radius 3 is 2.26 bits per heavy atom. The van der Waals surface area contributed by atoms with E-state index in [1.807, 2.05) is 84.9 Å². The number of fused-ring (bicyclic) bond motifs is 3. The van der Waals surface area contributed by atoms with Crippen LogP contribution in [0.25, 0.3) is 10.8 Å². The number of carbonyl (C=O) groups is 1. The van der Waals surface area contributed by atoms with E-state index < -0.39 is 34.6 Å². The van der Waals surface area contributed by atoms with E-state index >= 15 is 4.79 Å². The van der Waals surface area contributed by atoms with Gasteiger partial charge < -0.3 is 34.0 Å². The van der Waals surface area contributed by atoms with Crippen LogP contribution >= 0.6 is 0 Å². The molecule has 1 fully saturated rings. The number of aliphatic hydroxyl groups excluding tert-OH is 2. The number of benzene rings is 6. The SMILES string of the molecule is C=CCOC12Oc3ccc(Oc4ccc5ccccc5c4)cc3C3C(CCCCO)C(CCCCO)C=C(C(=NOCc4ccccc4)CC1N(Cc1ccc(F)cc1)C(=O)Oc1ccc([N+](=O)[O-])cc1)C32. The lowest BCUT2D eigenvalue weighted by molar-refractivity contribution is -0.384. The molecule has 6 aromatic carbocycles.